The Hall–Kier alpha value is -0.450. The quantitative estimate of drug-likeness (QED) is 0.708. The molecule has 4 heteroatoms. The van der Waals surface area contributed by atoms with Crippen molar-refractivity contribution in [3.63, 3.8) is 0 Å². The molecule has 1 aromatic rings. The summed E-state index contributed by atoms with van der Waals surface area (Å²) in [5.41, 5.74) is 0. The van der Waals surface area contributed by atoms with E-state index in [0.29, 0.717) is 0 Å². The normalized spacial score (nSPS) is 11.2. The summed E-state index contributed by atoms with van der Waals surface area (Å²) in [6.07, 6.45) is 4.54. The van der Waals surface area contributed by atoms with Crippen LogP contribution in [0.2, 0.25) is 0 Å². The van der Waals surface area contributed by atoms with E-state index in [1.807, 2.05) is 13.1 Å². The lowest BCUT2D eigenvalue weighted by molar-refractivity contribution is 0.325. The highest BCUT2D eigenvalue weighted by molar-refractivity contribution is 7.11. The summed E-state index contributed by atoms with van der Waals surface area (Å²) in [5.74, 6) is 0. The molecule has 0 aliphatic rings. The molecule has 0 saturated heterocycles. The van der Waals surface area contributed by atoms with Crippen molar-refractivity contribution < 1.29 is 0 Å². The number of unbranched alkanes of at least 4 members (excludes halogenated alkanes) is 1. The molecule has 16 heavy (non-hydrogen) atoms. The zero-order valence-electron chi connectivity index (χ0n) is 10.6. The number of rotatable bonds is 8. The summed E-state index contributed by atoms with van der Waals surface area (Å²) in [7, 11) is 2.19. The smallest absolute Gasteiger partial charge is 0.0897 e. The first-order chi connectivity index (χ1) is 7.72. The molecule has 3 nitrogen and oxygen atoms in total. The van der Waals surface area contributed by atoms with Gasteiger partial charge in [-0.15, -0.1) is 11.3 Å². The Morgan fingerprint density at radius 3 is 2.88 bits per heavy atom. The molecule has 0 radical (unpaired) electrons. The molecule has 1 rings (SSSR count). The molecule has 0 amide bonds. The maximum absolute atomic E-state index is 4.24. The Morgan fingerprint density at radius 2 is 2.25 bits per heavy atom. The summed E-state index contributed by atoms with van der Waals surface area (Å²) < 4.78 is 0. The van der Waals surface area contributed by atoms with Crippen LogP contribution in [0.5, 0.6) is 0 Å². The predicted octanol–water partition coefficient (Wildman–Crippen LogP) is 2.27. The lowest BCUT2D eigenvalue weighted by Gasteiger charge is -2.15. The second-order valence-corrected chi connectivity index (χ2v) is 5.50. The van der Waals surface area contributed by atoms with Crippen LogP contribution in [0.3, 0.4) is 0 Å². The highest BCUT2D eigenvalue weighted by atomic mass is 32.1. The first kappa shape index (κ1) is 13.6. The van der Waals surface area contributed by atoms with Crippen molar-refractivity contribution in [1.82, 2.24) is 15.2 Å². The third-order valence-corrected chi connectivity index (χ3v) is 3.44. The minimum atomic E-state index is 0.952. The molecule has 0 unspecified atom stereocenters. The SMILES string of the molecule is CCCCN(C)CCNCc1cnc(C)s1. The van der Waals surface area contributed by atoms with Gasteiger partial charge in [-0.25, -0.2) is 4.98 Å². The zero-order valence-corrected chi connectivity index (χ0v) is 11.4. The summed E-state index contributed by atoms with van der Waals surface area (Å²) in [6.45, 7) is 8.62. The maximum atomic E-state index is 4.24. The van der Waals surface area contributed by atoms with Gasteiger partial charge in [0.15, 0.2) is 0 Å². The van der Waals surface area contributed by atoms with Crippen LogP contribution < -0.4 is 5.32 Å². The first-order valence-electron chi connectivity index (χ1n) is 6.03. The van der Waals surface area contributed by atoms with Gasteiger partial charge in [-0.05, 0) is 26.9 Å². The fourth-order valence-corrected chi connectivity index (χ4v) is 2.27. The summed E-state index contributed by atoms with van der Waals surface area (Å²) in [5, 5.41) is 4.60. The van der Waals surface area contributed by atoms with Gasteiger partial charge in [0.05, 0.1) is 5.01 Å². The Bertz CT molecular complexity index is 286. The second kappa shape index (κ2) is 7.76. The van der Waals surface area contributed by atoms with Crippen molar-refractivity contribution in [2.75, 3.05) is 26.7 Å². The van der Waals surface area contributed by atoms with Gasteiger partial charge in [-0.3, -0.25) is 0 Å². The van der Waals surface area contributed by atoms with Gasteiger partial charge in [0.2, 0.25) is 0 Å². The van der Waals surface area contributed by atoms with Gasteiger partial charge in [0.1, 0.15) is 0 Å². The Labute approximate surface area is 103 Å². The van der Waals surface area contributed by atoms with Gasteiger partial charge in [-0.1, -0.05) is 13.3 Å². The average molecular weight is 241 g/mol. The maximum Gasteiger partial charge on any atom is 0.0897 e. The van der Waals surface area contributed by atoms with E-state index in [0.717, 1.165) is 24.6 Å². The molecule has 0 atom stereocenters. The standard InChI is InChI=1S/C12H23N3S/c1-4-5-7-15(3)8-6-13-9-12-10-14-11(2)16-12/h10,13H,4-9H2,1-3H3. The van der Waals surface area contributed by atoms with E-state index < -0.39 is 0 Å². The van der Waals surface area contributed by atoms with Crippen LogP contribution in [-0.4, -0.2) is 36.6 Å². The van der Waals surface area contributed by atoms with Crippen LogP contribution in [0.15, 0.2) is 6.20 Å². The molecule has 0 spiro atoms. The largest absolute Gasteiger partial charge is 0.311 e. The van der Waals surface area contributed by atoms with Crippen LogP contribution in [0.25, 0.3) is 0 Å². The Morgan fingerprint density at radius 1 is 1.44 bits per heavy atom. The number of aryl methyl sites for hydroxylation is 1. The number of hydrogen-bond acceptors (Lipinski definition) is 4. The van der Waals surface area contributed by atoms with E-state index in [1.165, 1.54) is 24.3 Å². The van der Waals surface area contributed by atoms with Gasteiger partial charge >= 0.3 is 0 Å². The van der Waals surface area contributed by atoms with Crippen molar-refractivity contribution in [2.45, 2.75) is 33.2 Å². The van der Waals surface area contributed by atoms with Crippen LogP contribution in [0.1, 0.15) is 29.7 Å². The first-order valence-corrected chi connectivity index (χ1v) is 6.84. The van der Waals surface area contributed by atoms with Gasteiger partial charge in [-0.2, -0.15) is 0 Å². The number of hydrogen-bond donors (Lipinski definition) is 1. The molecule has 1 N–H and O–H groups in total. The zero-order chi connectivity index (χ0) is 11.8. The fraction of sp³-hybridized carbons (Fsp3) is 0.750. The van der Waals surface area contributed by atoms with E-state index in [-0.39, 0.29) is 0 Å². The molecule has 0 saturated carbocycles. The predicted molar refractivity (Wildman–Crippen MR) is 71.0 cm³/mol. The van der Waals surface area contributed by atoms with Crippen LogP contribution in [0.4, 0.5) is 0 Å². The topological polar surface area (TPSA) is 28.2 Å². The minimum absolute atomic E-state index is 0.952. The summed E-state index contributed by atoms with van der Waals surface area (Å²) >= 11 is 1.77. The number of nitrogens with zero attached hydrogens (tertiary/aromatic N) is 2. The minimum Gasteiger partial charge on any atom is -0.311 e. The lowest BCUT2D eigenvalue weighted by atomic mass is 10.3. The van der Waals surface area contributed by atoms with Crippen molar-refractivity contribution >= 4 is 11.3 Å². The van der Waals surface area contributed by atoms with Crippen molar-refractivity contribution in [3.05, 3.63) is 16.1 Å². The van der Waals surface area contributed by atoms with Crippen molar-refractivity contribution in [2.24, 2.45) is 0 Å². The Balaban J connectivity index is 2.03. The van der Waals surface area contributed by atoms with E-state index in [1.54, 1.807) is 11.3 Å². The van der Waals surface area contributed by atoms with E-state index in [4.69, 9.17) is 0 Å². The highest BCUT2D eigenvalue weighted by Crippen LogP contribution is 2.10. The number of nitrogens with one attached hydrogen (secondary N) is 1. The van der Waals surface area contributed by atoms with Crippen molar-refractivity contribution in [3.8, 4) is 0 Å². The monoisotopic (exact) mass is 241 g/mol. The van der Waals surface area contributed by atoms with Gasteiger partial charge < -0.3 is 10.2 Å². The molecule has 92 valence electrons. The molecule has 1 aromatic heterocycles. The third kappa shape index (κ3) is 5.58. The Kier molecular flexibility index (Phi) is 6.61. The van der Waals surface area contributed by atoms with Gasteiger partial charge in [0, 0.05) is 30.7 Å². The van der Waals surface area contributed by atoms with Gasteiger partial charge in [0.25, 0.3) is 0 Å². The molecule has 0 fully saturated rings. The van der Waals surface area contributed by atoms with Crippen LogP contribution in [0, 0.1) is 6.92 Å². The van der Waals surface area contributed by atoms with Crippen LogP contribution >= 0.6 is 11.3 Å². The molecule has 0 aromatic carbocycles. The highest BCUT2D eigenvalue weighted by Gasteiger charge is 1.99. The third-order valence-electron chi connectivity index (χ3n) is 2.53. The summed E-state index contributed by atoms with van der Waals surface area (Å²) in [4.78, 5) is 7.95. The fourth-order valence-electron chi connectivity index (χ4n) is 1.51. The van der Waals surface area contributed by atoms with E-state index in [2.05, 4.69) is 29.2 Å². The number of thiazole rings is 1. The molecular formula is C12H23N3S. The van der Waals surface area contributed by atoms with E-state index in [9.17, 15) is 0 Å². The molecule has 0 aliphatic carbocycles. The molecule has 0 bridgehead atoms. The second-order valence-electron chi connectivity index (χ2n) is 4.18. The van der Waals surface area contributed by atoms with Crippen molar-refractivity contribution in [1.29, 1.82) is 0 Å². The average Bonchev–Trinajstić information content (AvgIpc) is 2.67. The van der Waals surface area contributed by atoms with E-state index >= 15 is 0 Å². The molecule has 1 heterocycles. The summed E-state index contributed by atoms with van der Waals surface area (Å²) in [6, 6.07) is 0. The number of aromatic nitrogens is 1. The molecular weight excluding hydrogens is 218 g/mol. The number of likely N-dealkylation sites (N-methyl/N-ethyl adjacent to an activating group) is 1. The molecule has 0 aliphatic heterocycles. The lowest BCUT2D eigenvalue weighted by Crippen LogP contribution is -2.29. The van der Waals surface area contributed by atoms with Crippen LogP contribution in [-0.2, 0) is 6.54 Å².